The summed E-state index contributed by atoms with van der Waals surface area (Å²) in [5.41, 5.74) is -2.55. The molecule has 0 unspecified atom stereocenters. The van der Waals surface area contributed by atoms with Gasteiger partial charge in [-0.3, -0.25) is 14.6 Å². The third-order valence-corrected chi connectivity index (χ3v) is 4.42. The number of hydrogen-bond donors (Lipinski definition) is 5. The third-order valence-electron chi connectivity index (χ3n) is 4.42. The number of amides is 1. The Labute approximate surface area is 180 Å². The van der Waals surface area contributed by atoms with Crippen molar-refractivity contribution in [3.8, 4) is 5.75 Å². The van der Waals surface area contributed by atoms with E-state index in [-0.39, 0.29) is 18.5 Å². The molecule has 1 aromatic carbocycles. The first kappa shape index (κ1) is 24.7. The number of carbonyl (C=O) groups excluding carboxylic acids is 1. The van der Waals surface area contributed by atoms with Crippen LogP contribution in [0.25, 0.3) is 0 Å². The number of benzene rings is 1. The van der Waals surface area contributed by atoms with Crippen LogP contribution in [0.15, 0.2) is 29.1 Å². The number of aromatic nitrogens is 2. The second-order valence-electron chi connectivity index (χ2n) is 7.49. The normalized spacial score (nSPS) is 12.4. The number of alkyl halides is 3. The molecule has 12 heteroatoms. The largest absolute Gasteiger partial charge is 0.501 e. The predicted molar refractivity (Wildman–Crippen MR) is 109 cm³/mol. The minimum Gasteiger partial charge on any atom is -0.501 e. The zero-order valence-corrected chi connectivity index (χ0v) is 17.3. The SMILES string of the molecule is CC(C)CCNC(=O)c1nc(N[C@@H](Cc2cccc(C(F)(F)F)c2)C(=O)O)[nH]c(=O)c1O. The molecule has 0 radical (unpaired) electrons. The third kappa shape index (κ3) is 6.72. The van der Waals surface area contributed by atoms with Gasteiger partial charge in [0, 0.05) is 13.0 Å². The van der Waals surface area contributed by atoms with Gasteiger partial charge in [-0.15, -0.1) is 0 Å². The van der Waals surface area contributed by atoms with Gasteiger partial charge in [-0.05, 0) is 24.0 Å². The molecular formula is C20H23F3N4O5. The van der Waals surface area contributed by atoms with Crippen molar-refractivity contribution < 1.29 is 33.0 Å². The smallest absolute Gasteiger partial charge is 0.416 e. The molecule has 0 aliphatic heterocycles. The van der Waals surface area contributed by atoms with Gasteiger partial charge in [0.15, 0.2) is 5.69 Å². The molecule has 0 aliphatic carbocycles. The van der Waals surface area contributed by atoms with Gasteiger partial charge in [-0.1, -0.05) is 32.0 Å². The molecule has 2 aromatic rings. The van der Waals surface area contributed by atoms with Gasteiger partial charge < -0.3 is 20.8 Å². The molecule has 1 heterocycles. The summed E-state index contributed by atoms with van der Waals surface area (Å²) >= 11 is 0. The van der Waals surface area contributed by atoms with E-state index in [1.165, 1.54) is 6.07 Å². The summed E-state index contributed by atoms with van der Waals surface area (Å²) in [6.07, 6.45) is -4.33. The highest BCUT2D eigenvalue weighted by Crippen LogP contribution is 2.29. The average molecular weight is 456 g/mol. The van der Waals surface area contributed by atoms with Crippen molar-refractivity contribution in [2.24, 2.45) is 5.92 Å². The van der Waals surface area contributed by atoms with Crippen LogP contribution in [-0.2, 0) is 17.4 Å². The fourth-order valence-electron chi connectivity index (χ4n) is 2.73. The van der Waals surface area contributed by atoms with E-state index in [1.54, 1.807) is 0 Å². The lowest BCUT2D eigenvalue weighted by molar-refractivity contribution is -0.138. The number of H-pyrrole nitrogens is 1. The van der Waals surface area contributed by atoms with Gasteiger partial charge in [0.1, 0.15) is 6.04 Å². The maximum Gasteiger partial charge on any atom is 0.416 e. The van der Waals surface area contributed by atoms with Gasteiger partial charge in [-0.2, -0.15) is 13.2 Å². The Kier molecular flexibility index (Phi) is 7.84. The number of carbonyl (C=O) groups is 2. The summed E-state index contributed by atoms with van der Waals surface area (Å²) < 4.78 is 38.7. The summed E-state index contributed by atoms with van der Waals surface area (Å²) in [5.74, 6) is -3.34. The first-order chi connectivity index (χ1) is 14.9. The number of nitrogens with one attached hydrogen (secondary N) is 3. The number of aromatic amines is 1. The number of aliphatic carboxylic acids is 1. The lowest BCUT2D eigenvalue weighted by Gasteiger charge is -2.16. The zero-order chi connectivity index (χ0) is 24.1. The van der Waals surface area contributed by atoms with Crippen LogP contribution in [0.4, 0.5) is 19.1 Å². The van der Waals surface area contributed by atoms with Crippen molar-refractivity contribution in [3.63, 3.8) is 0 Å². The fraction of sp³-hybridized carbons (Fsp3) is 0.400. The summed E-state index contributed by atoms with van der Waals surface area (Å²) in [4.78, 5) is 41.7. The summed E-state index contributed by atoms with van der Waals surface area (Å²) in [7, 11) is 0. The Balaban J connectivity index is 2.25. The van der Waals surface area contributed by atoms with Gasteiger partial charge in [0.2, 0.25) is 11.7 Å². The average Bonchev–Trinajstić information content (AvgIpc) is 2.69. The minimum absolute atomic E-state index is 0.0764. The van der Waals surface area contributed by atoms with E-state index in [9.17, 15) is 37.8 Å². The number of aromatic hydroxyl groups is 1. The molecule has 2 rings (SSSR count). The molecule has 0 aliphatic rings. The molecular weight excluding hydrogens is 433 g/mol. The number of carboxylic acids is 1. The summed E-state index contributed by atoms with van der Waals surface area (Å²) in [5, 5.41) is 24.2. The van der Waals surface area contributed by atoms with E-state index in [2.05, 4.69) is 20.6 Å². The van der Waals surface area contributed by atoms with E-state index in [0.29, 0.717) is 12.3 Å². The van der Waals surface area contributed by atoms with Crippen molar-refractivity contribution in [2.45, 2.75) is 38.9 Å². The molecule has 1 aromatic heterocycles. The summed E-state index contributed by atoms with van der Waals surface area (Å²) in [6, 6.07) is 2.67. The first-order valence-electron chi connectivity index (χ1n) is 9.65. The van der Waals surface area contributed by atoms with Crippen LogP contribution < -0.4 is 16.2 Å². The molecule has 5 N–H and O–H groups in total. The topological polar surface area (TPSA) is 144 Å². The van der Waals surface area contributed by atoms with Crippen LogP contribution in [0, 0.1) is 5.92 Å². The second-order valence-corrected chi connectivity index (χ2v) is 7.49. The van der Waals surface area contributed by atoms with Gasteiger partial charge in [0.25, 0.3) is 11.5 Å². The predicted octanol–water partition coefficient (Wildman–Crippen LogP) is 2.38. The van der Waals surface area contributed by atoms with Crippen LogP contribution in [0.3, 0.4) is 0 Å². The second kappa shape index (κ2) is 10.2. The Morgan fingerprint density at radius 3 is 2.53 bits per heavy atom. The molecule has 0 saturated heterocycles. The van der Waals surface area contributed by atoms with Gasteiger partial charge in [-0.25, -0.2) is 9.78 Å². The van der Waals surface area contributed by atoms with Crippen molar-refractivity contribution in [2.75, 3.05) is 11.9 Å². The van der Waals surface area contributed by atoms with Crippen LogP contribution in [0.1, 0.15) is 41.9 Å². The molecule has 0 bridgehead atoms. The standard InChI is InChI=1S/C20H23F3N4O5/c1-10(2)6-7-24-16(29)14-15(28)17(30)27-19(26-14)25-13(18(31)32)9-11-4-3-5-12(8-11)20(21,22)23/h3-5,8,10,13,28H,6-7,9H2,1-2H3,(H,24,29)(H,31,32)(H2,25,26,27,30)/t13-/m0/s1. The van der Waals surface area contributed by atoms with Crippen molar-refractivity contribution in [3.05, 3.63) is 51.4 Å². The summed E-state index contributed by atoms with van der Waals surface area (Å²) in [6.45, 7) is 4.14. The van der Waals surface area contributed by atoms with Crippen LogP contribution in [0.2, 0.25) is 0 Å². The highest BCUT2D eigenvalue weighted by atomic mass is 19.4. The Morgan fingerprint density at radius 2 is 1.94 bits per heavy atom. The lowest BCUT2D eigenvalue weighted by Crippen LogP contribution is -2.34. The molecule has 0 saturated carbocycles. The van der Waals surface area contributed by atoms with Crippen LogP contribution in [-0.4, -0.2) is 44.6 Å². The molecule has 1 atom stereocenters. The van der Waals surface area contributed by atoms with Crippen molar-refractivity contribution >= 4 is 17.8 Å². The molecule has 32 heavy (non-hydrogen) atoms. The van der Waals surface area contributed by atoms with Crippen molar-refractivity contribution in [1.29, 1.82) is 0 Å². The molecule has 9 nitrogen and oxygen atoms in total. The number of hydrogen-bond acceptors (Lipinski definition) is 6. The number of anilines is 1. The van der Waals surface area contributed by atoms with Gasteiger partial charge >= 0.3 is 12.1 Å². The number of halogens is 3. The van der Waals surface area contributed by atoms with E-state index in [4.69, 9.17) is 0 Å². The number of carboxylic acid groups (broad SMARTS) is 1. The quantitative estimate of drug-likeness (QED) is 0.390. The Bertz CT molecular complexity index is 1040. The first-order valence-corrected chi connectivity index (χ1v) is 9.65. The maximum atomic E-state index is 12.9. The van der Waals surface area contributed by atoms with E-state index < -0.39 is 52.6 Å². The maximum absolute atomic E-state index is 12.9. The monoisotopic (exact) mass is 456 g/mol. The molecule has 1 amide bonds. The van der Waals surface area contributed by atoms with E-state index in [0.717, 1.165) is 18.2 Å². The van der Waals surface area contributed by atoms with Crippen LogP contribution in [0.5, 0.6) is 5.75 Å². The van der Waals surface area contributed by atoms with Crippen molar-refractivity contribution in [1.82, 2.24) is 15.3 Å². The fourth-order valence-corrected chi connectivity index (χ4v) is 2.73. The van der Waals surface area contributed by atoms with Gasteiger partial charge in [0.05, 0.1) is 5.56 Å². The Hall–Kier alpha value is -3.57. The Morgan fingerprint density at radius 1 is 1.25 bits per heavy atom. The highest BCUT2D eigenvalue weighted by molar-refractivity contribution is 5.95. The van der Waals surface area contributed by atoms with Crippen LogP contribution >= 0.6 is 0 Å². The van der Waals surface area contributed by atoms with E-state index in [1.807, 2.05) is 13.8 Å². The number of rotatable bonds is 9. The minimum atomic E-state index is -4.59. The molecule has 0 spiro atoms. The zero-order valence-electron chi connectivity index (χ0n) is 17.3. The highest BCUT2D eigenvalue weighted by Gasteiger charge is 2.31. The van der Waals surface area contributed by atoms with E-state index >= 15 is 0 Å². The molecule has 0 fully saturated rings. The lowest BCUT2D eigenvalue weighted by atomic mass is 10.0. The number of nitrogens with zero attached hydrogens (tertiary/aromatic N) is 1. The molecule has 174 valence electrons.